The molecule has 1 aliphatic rings. The number of halogens is 1. The van der Waals surface area contributed by atoms with Crippen LogP contribution in [0.3, 0.4) is 0 Å². The third-order valence-electron chi connectivity index (χ3n) is 3.74. The second-order valence-corrected chi connectivity index (χ2v) is 5.14. The Morgan fingerprint density at radius 3 is 3.00 bits per heavy atom. The second kappa shape index (κ2) is 5.88. The van der Waals surface area contributed by atoms with Gasteiger partial charge in [-0.3, -0.25) is 0 Å². The van der Waals surface area contributed by atoms with Gasteiger partial charge in [0.05, 0.1) is 18.3 Å². The summed E-state index contributed by atoms with van der Waals surface area (Å²) in [6.07, 6.45) is 1.71. The van der Waals surface area contributed by atoms with Crippen LogP contribution in [0.15, 0.2) is 18.2 Å². The molecule has 0 aliphatic carbocycles. The molecule has 2 rings (SSSR count). The van der Waals surface area contributed by atoms with E-state index < -0.39 is 5.60 Å². The average Bonchev–Trinajstić information content (AvgIpc) is 2.38. The molecule has 1 saturated heterocycles. The summed E-state index contributed by atoms with van der Waals surface area (Å²) in [5.74, 6) is 0.290. The second-order valence-electron chi connectivity index (χ2n) is 5.14. The van der Waals surface area contributed by atoms with Crippen LogP contribution >= 0.6 is 0 Å². The fraction of sp³-hybridized carbons (Fsp3) is 0.600. The molecule has 0 spiro atoms. The van der Waals surface area contributed by atoms with E-state index in [-0.39, 0.29) is 5.82 Å². The molecule has 4 heteroatoms. The standard InChI is InChI=1S/C15H22FNO2/c1-4-17-11-8-9-19-15(2,10-11)14-12(16)6-5-7-13(14)18-3/h5-7,11,17H,4,8-10H2,1-3H3. The average molecular weight is 267 g/mol. The highest BCUT2D eigenvalue weighted by Crippen LogP contribution is 2.40. The van der Waals surface area contributed by atoms with Gasteiger partial charge in [0.2, 0.25) is 0 Å². The molecule has 2 atom stereocenters. The number of methoxy groups -OCH3 is 1. The lowest BCUT2D eigenvalue weighted by Gasteiger charge is -2.39. The summed E-state index contributed by atoms with van der Waals surface area (Å²) in [6.45, 7) is 5.56. The highest BCUT2D eigenvalue weighted by Gasteiger charge is 2.38. The van der Waals surface area contributed by atoms with Crippen LogP contribution < -0.4 is 10.1 Å². The maximum Gasteiger partial charge on any atom is 0.133 e. The Hall–Kier alpha value is -1.13. The van der Waals surface area contributed by atoms with E-state index in [0.717, 1.165) is 19.4 Å². The first kappa shape index (κ1) is 14.3. The third-order valence-corrected chi connectivity index (χ3v) is 3.74. The van der Waals surface area contributed by atoms with Gasteiger partial charge >= 0.3 is 0 Å². The first-order chi connectivity index (χ1) is 9.10. The van der Waals surface area contributed by atoms with Crippen molar-refractivity contribution in [3.63, 3.8) is 0 Å². The molecule has 19 heavy (non-hydrogen) atoms. The molecule has 1 heterocycles. The summed E-state index contributed by atoms with van der Waals surface area (Å²) in [4.78, 5) is 0. The van der Waals surface area contributed by atoms with E-state index in [1.165, 1.54) is 6.07 Å². The third kappa shape index (κ3) is 2.90. The Labute approximate surface area is 114 Å². The van der Waals surface area contributed by atoms with Gasteiger partial charge in [0.1, 0.15) is 11.6 Å². The summed E-state index contributed by atoms with van der Waals surface area (Å²) < 4.78 is 25.4. The smallest absolute Gasteiger partial charge is 0.133 e. The monoisotopic (exact) mass is 267 g/mol. The Morgan fingerprint density at radius 2 is 2.32 bits per heavy atom. The van der Waals surface area contributed by atoms with Crippen molar-refractivity contribution < 1.29 is 13.9 Å². The molecule has 0 aromatic heterocycles. The van der Waals surface area contributed by atoms with Crippen molar-refractivity contribution in [1.82, 2.24) is 5.32 Å². The van der Waals surface area contributed by atoms with Crippen LogP contribution in [0.5, 0.6) is 5.75 Å². The fourth-order valence-corrected chi connectivity index (χ4v) is 2.88. The van der Waals surface area contributed by atoms with E-state index in [4.69, 9.17) is 9.47 Å². The molecule has 0 saturated carbocycles. The SMILES string of the molecule is CCNC1CCOC(C)(c2c(F)cccc2OC)C1. The molecule has 1 aromatic rings. The molecule has 0 amide bonds. The Kier molecular flexibility index (Phi) is 4.42. The van der Waals surface area contributed by atoms with Crippen LogP contribution in [-0.4, -0.2) is 26.3 Å². The first-order valence-corrected chi connectivity index (χ1v) is 6.81. The maximum absolute atomic E-state index is 14.2. The summed E-state index contributed by atoms with van der Waals surface area (Å²) in [7, 11) is 1.56. The van der Waals surface area contributed by atoms with Crippen molar-refractivity contribution in [3.8, 4) is 5.75 Å². The van der Waals surface area contributed by atoms with Gasteiger partial charge in [0.15, 0.2) is 0 Å². The molecular weight excluding hydrogens is 245 g/mol. The van der Waals surface area contributed by atoms with Gasteiger partial charge in [-0.1, -0.05) is 13.0 Å². The molecule has 106 valence electrons. The minimum absolute atomic E-state index is 0.265. The minimum atomic E-state index is -0.637. The summed E-state index contributed by atoms with van der Waals surface area (Å²) in [5, 5.41) is 3.42. The van der Waals surface area contributed by atoms with E-state index in [1.54, 1.807) is 19.2 Å². The van der Waals surface area contributed by atoms with Crippen LogP contribution in [0.2, 0.25) is 0 Å². The Morgan fingerprint density at radius 1 is 1.53 bits per heavy atom. The summed E-state index contributed by atoms with van der Waals surface area (Å²) in [5.41, 5.74) is -0.109. The topological polar surface area (TPSA) is 30.5 Å². The highest BCUT2D eigenvalue weighted by molar-refractivity contribution is 5.39. The van der Waals surface area contributed by atoms with E-state index in [2.05, 4.69) is 12.2 Å². The minimum Gasteiger partial charge on any atom is -0.496 e. The fourth-order valence-electron chi connectivity index (χ4n) is 2.88. The molecule has 0 bridgehead atoms. The van der Waals surface area contributed by atoms with Gasteiger partial charge in [-0.25, -0.2) is 4.39 Å². The number of benzene rings is 1. The maximum atomic E-state index is 14.2. The quantitative estimate of drug-likeness (QED) is 0.910. The summed E-state index contributed by atoms with van der Waals surface area (Å²) >= 11 is 0. The van der Waals surface area contributed by atoms with Gasteiger partial charge in [-0.2, -0.15) is 0 Å². The lowest BCUT2D eigenvalue weighted by atomic mass is 9.84. The zero-order chi connectivity index (χ0) is 13.9. The molecule has 2 unspecified atom stereocenters. The number of hydrogen-bond donors (Lipinski definition) is 1. The van der Waals surface area contributed by atoms with Crippen molar-refractivity contribution in [2.45, 2.75) is 38.3 Å². The zero-order valence-corrected chi connectivity index (χ0v) is 11.8. The molecular formula is C15H22FNO2. The number of hydrogen-bond acceptors (Lipinski definition) is 3. The van der Waals surface area contributed by atoms with E-state index >= 15 is 0 Å². The van der Waals surface area contributed by atoms with Crippen LogP contribution in [0.1, 0.15) is 32.3 Å². The number of nitrogens with one attached hydrogen (secondary N) is 1. The zero-order valence-electron chi connectivity index (χ0n) is 11.8. The molecule has 1 aliphatic heterocycles. The van der Waals surface area contributed by atoms with Gasteiger partial charge in [-0.05, 0) is 38.4 Å². The predicted octanol–water partition coefficient (Wildman–Crippen LogP) is 2.84. The molecule has 1 aromatic carbocycles. The van der Waals surface area contributed by atoms with Crippen molar-refractivity contribution in [1.29, 1.82) is 0 Å². The first-order valence-electron chi connectivity index (χ1n) is 6.81. The van der Waals surface area contributed by atoms with Gasteiger partial charge in [-0.15, -0.1) is 0 Å². The largest absolute Gasteiger partial charge is 0.496 e. The number of rotatable bonds is 4. The van der Waals surface area contributed by atoms with Crippen LogP contribution in [0, 0.1) is 5.82 Å². The molecule has 1 fully saturated rings. The Bertz CT molecular complexity index is 436. The van der Waals surface area contributed by atoms with Crippen LogP contribution in [0.25, 0.3) is 0 Å². The van der Waals surface area contributed by atoms with E-state index in [9.17, 15) is 4.39 Å². The lowest BCUT2D eigenvalue weighted by Crippen LogP contribution is -2.44. The lowest BCUT2D eigenvalue weighted by molar-refractivity contribution is -0.0840. The van der Waals surface area contributed by atoms with Gasteiger partial charge in [0, 0.05) is 12.6 Å². The van der Waals surface area contributed by atoms with Gasteiger partial charge in [0.25, 0.3) is 0 Å². The van der Waals surface area contributed by atoms with Crippen molar-refractivity contribution >= 4 is 0 Å². The molecule has 0 radical (unpaired) electrons. The predicted molar refractivity (Wildman–Crippen MR) is 73.0 cm³/mol. The van der Waals surface area contributed by atoms with Crippen LogP contribution in [-0.2, 0) is 10.3 Å². The van der Waals surface area contributed by atoms with Crippen molar-refractivity contribution in [3.05, 3.63) is 29.6 Å². The number of ether oxygens (including phenoxy) is 2. The van der Waals surface area contributed by atoms with Crippen molar-refractivity contribution in [2.24, 2.45) is 0 Å². The molecule has 1 N–H and O–H groups in total. The normalized spacial score (nSPS) is 27.3. The van der Waals surface area contributed by atoms with Gasteiger partial charge < -0.3 is 14.8 Å². The molecule has 3 nitrogen and oxygen atoms in total. The Balaban J connectivity index is 2.33. The highest BCUT2D eigenvalue weighted by atomic mass is 19.1. The van der Waals surface area contributed by atoms with Crippen molar-refractivity contribution in [2.75, 3.05) is 20.3 Å². The van der Waals surface area contributed by atoms with E-state index in [1.807, 2.05) is 6.92 Å². The van der Waals surface area contributed by atoms with E-state index in [0.29, 0.717) is 24.0 Å². The van der Waals surface area contributed by atoms with Crippen LogP contribution in [0.4, 0.5) is 4.39 Å². The summed E-state index contributed by atoms with van der Waals surface area (Å²) in [6, 6.07) is 5.26.